The van der Waals surface area contributed by atoms with Gasteiger partial charge in [-0.05, 0) is 43.5 Å². The second kappa shape index (κ2) is 7.81. The van der Waals surface area contributed by atoms with Gasteiger partial charge in [0.05, 0.1) is 28.5 Å². The molecule has 0 radical (unpaired) electrons. The van der Waals surface area contributed by atoms with Gasteiger partial charge in [-0.25, -0.2) is 0 Å². The lowest BCUT2D eigenvalue weighted by Crippen LogP contribution is -2.22. The van der Waals surface area contributed by atoms with Gasteiger partial charge in [-0.2, -0.15) is 0 Å². The largest absolute Gasteiger partial charge is 0.353 e. The molecule has 5 heteroatoms. The molecule has 0 aliphatic carbocycles. The Balaban J connectivity index is 1.64. The highest BCUT2D eigenvalue weighted by Crippen LogP contribution is 2.27. The molecule has 2 atom stereocenters. The van der Waals surface area contributed by atoms with Gasteiger partial charge < -0.3 is 9.47 Å². The Hall–Kier alpha value is -1.30. The van der Waals surface area contributed by atoms with Crippen LogP contribution in [-0.4, -0.2) is 22.9 Å². The second-order valence-corrected chi connectivity index (χ2v) is 6.19. The van der Waals surface area contributed by atoms with Crippen LogP contribution in [0, 0.1) is 0 Å². The van der Waals surface area contributed by atoms with E-state index in [0.29, 0.717) is 6.61 Å². The molecule has 0 N–H and O–H groups in total. The Morgan fingerprint density at radius 3 is 2.86 bits per heavy atom. The van der Waals surface area contributed by atoms with E-state index in [1.807, 2.05) is 36.4 Å². The minimum absolute atomic E-state index is 0.0143. The molecule has 0 bridgehead atoms. The first kappa shape index (κ1) is 15.6. The molecule has 0 amide bonds. The number of nitrogens with zero attached hydrogens (tertiary/aromatic N) is 2. The van der Waals surface area contributed by atoms with Crippen molar-refractivity contribution in [3.63, 3.8) is 0 Å². The highest BCUT2D eigenvalue weighted by atomic mass is 79.9. The van der Waals surface area contributed by atoms with Crippen molar-refractivity contribution >= 4 is 15.9 Å². The fourth-order valence-corrected chi connectivity index (χ4v) is 2.94. The van der Waals surface area contributed by atoms with Crippen LogP contribution in [0.4, 0.5) is 0 Å². The first-order valence-corrected chi connectivity index (χ1v) is 8.48. The first-order chi connectivity index (χ1) is 10.8. The van der Waals surface area contributed by atoms with E-state index in [0.717, 1.165) is 36.5 Å². The van der Waals surface area contributed by atoms with Crippen LogP contribution in [0.1, 0.15) is 41.2 Å². The molecule has 2 unspecified atom stereocenters. The Labute approximate surface area is 139 Å². The van der Waals surface area contributed by atoms with Crippen LogP contribution in [0.5, 0.6) is 0 Å². The summed E-state index contributed by atoms with van der Waals surface area (Å²) in [7, 11) is 0. The predicted octanol–water partition coefficient (Wildman–Crippen LogP) is 4.00. The lowest BCUT2D eigenvalue weighted by Gasteiger charge is -2.22. The van der Waals surface area contributed by atoms with Gasteiger partial charge in [0.15, 0.2) is 6.29 Å². The molecule has 1 aliphatic heterocycles. The maximum Gasteiger partial charge on any atom is 0.158 e. The molecule has 0 spiro atoms. The molecule has 1 saturated heterocycles. The third-order valence-electron chi connectivity index (χ3n) is 3.59. The monoisotopic (exact) mass is 362 g/mol. The van der Waals surface area contributed by atoms with Gasteiger partial charge in [-0.15, -0.1) is 0 Å². The van der Waals surface area contributed by atoms with Crippen molar-refractivity contribution in [2.45, 2.75) is 37.0 Å². The van der Waals surface area contributed by atoms with Crippen molar-refractivity contribution in [3.8, 4) is 0 Å². The van der Waals surface area contributed by atoms with E-state index in [1.54, 1.807) is 6.20 Å². The Bertz CT molecular complexity index is 588. The molecule has 1 fully saturated rings. The maximum absolute atomic E-state index is 5.79. The fraction of sp³-hybridized carbons (Fsp3) is 0.412. The Morgan fingerprint density at radius 1 is 1.18 bits per heavy atom. The van der Waals surface area contributed by atoms with Crippen LogP contribution >= 0.6 is 15.9 Å². The van der Waals surface area contributed by atoms with Crippen LogP contribution in [0.15, 0.2) is 42.6 Å². The lowest BCUT2D eigenvalue weighted by molar-refractivity contribution is -0.169. The fourth-order valence-electron chi connectivity index (χ4n) is 2.42. The van der Waals surface area contributed by atoms with Crippen molar-refractivity contribution in [3.05, 3.63) is 59.7 Å². The van der Waals surface area contributed by atoms with Gasteiger partial charge in [-0.3, -0.25) is 9.97 Å². The first-order valence-electron chi connectivity index (χ1n) is 7.57. The molecule has 1 aliphatic rings. The molecule has 2 aromatic rings. The number of ether oxygens (including phenoxy) is 2. The molecular formula is C17H19BrN2O2. The average Bonchev–Trinajstić information content (AvgIpc) is 2.61. The topological polar surface area (TPSA) is 44.2 Å². The van der Waals surface area contributed by atoms with E-state index < -0.39 is 0 Å². The van der Waals surface area contributed by atoms with Crippen LogP contribution in [0.3, 0.4) is 0 Å². The third kappa shape index (κ3) is 4.12. The van der Waals surface area contributed by atoms with E-state index in [4.69, 9.17) is 9.47 Å². The summed E-state index contributed by atoms with van der Waals surface area (Å²) in [5.74, 6) is 0. The lowest BCUT2D eigenvalue weighted by atomic mass is 10.2. The van der Waals surface area contributed by atoms with Gasteiger partial charge in [0.1, 0.15) is 0 Å². The smallest absolute Gasteiger partial charge is 0.158 e. The zero-order valence-electron chi connectivity index (χ0n) is 12.3. The summed E-state index contributed by atoms with van der Waals surface area (Å²) in [4.78, 5) is 9.02. The van der Waals surface area contributed by atoms with Crippen molar-refractivity contribution in [2.75, 3.05) is 6.61 Å². The summed E-state index contributed by atoms with van der Waals surface area (Å²) in [5.41, 5.74) is 2.79. The van der Waals surface area contributed by atoms with Crippen LogP contribution in [0.25, 0.3) is 0 Å². The summed E-state index contributed by atoms with van der Waals surface area (Å²) in [5, 5.41) is 0. The van der Waals surface area contributed by atoms with Gasteiger partial charge in [-0.1, -0.05) is 28.1 Å². The van der Waals surface area contributed by atoms with Gasteiger partial charge in [0, 0.05) is 12.8 Å². The minimum atomic E-state index is -0.0882. The number of halogens is 1. The number of hydrogen-bond acceptors (Lipinski definition) is 4. The van der Waals surface area contributed by atoms with Crippen LogP contribution in [-0.2, 0) is 16.1 Å². The summed E-state index contributed by atoms with van der Waals surface area (Å²) in [6.07, 6.45) is 4.96. The number of rotatable bonds is 5. The van der Waals surface area contributed by atoms with E-state index in [-0.39, 0.29) is 11.1 Å². The molecule has 116 valence electrons. The van der Waals surface area contributed by atoms with Crippen molar-refractivity contribution in [2.24, 2.45) is 0 Å². The zero-order valence-corrected chi connectivity index (χ0v) is 13.9. The summed E-state index contributed by atoms with van der Waals surface area (Å²) in [6.45, 7) is 1.27. The van der Waals surface area contributed by atoms with Crippen molar-refractivity contribution in [1.29, 1.82) is 0 Å². The third-order valence-corrected chi connectivity index (χ3v) is 4.53. The molecule has 3 rings (SSSR count). The van der Waals surface area contributed by atoms with Gasteiger partial charge >= 0.3 is 0 Å². The maximum atomic E-state index is 5.79. The minimum Gasteiger partial charge on any atom is -0.353 e. The number of pyridine rings is 2. The summed E-state index contributed by atoms with van der Waals surface area (Å²) >= 11 is 3.67. The molecule has 0 saturated carbocycles. The highest BCUT2D eigenvalue weighted by molar-refractivity contribution is 9.09. The SMILES string of the molecule is BrC(c1ccccn1)c1cccc(COC2CCCCO2)n1. The Kier molecular flexibility index (Phi) is 5.53. The van der Waals surface area contributed by atoms with E-state index >= 15 is 0 Å². The van der Waals surface area contributed by atoms with Crippen LogP contribution in [0.2, 0.25) is 0 Å². The average molecular weight is 363 g/mol. The molecule has 4 nitrogen and oxygen atoms in total. The van der Waals surface area contributed by atoms with Crippen molar-refractivity contribution in [1.82, 2.24) is 9.97 Å². The van der Waals surface area contributed by atoms with Crippen LogP contribution < -0.4 is 0 Å². The Morgan fingerprint density at radius 2 is 2.09 bits per heavy atom. The standard InChI is InChI=1S/C17H19BrN2O2/c18-17(14-7-1-3-10-19-14)15-8-5-6-13(20-15)12-22-16-9-2-4-11-21-16/h1,3,5-8,10,16-17H,2,4,9,11-12H2. The quantitative estimate of drug-likeness (QED) is 0.753. The molecule has 0 aromatic carbocycles. The van der Waals surface area contributed by atoms with E-state index in [1.165, 1.54) is 6.42 Å². The highest BCUT2D eigenvalue weighted by Gasteiger charge is 2.16. The van der Waals surface area contributed by atoms with Gasteiger partial charge in [0.25, 0.3) is 0 Å². The van der Waals surface area contributed by atoms with E-state index in [9.17, 15) is 0 Å². The number of hydrogen-bond donors (Lipinski definition) is 0. The van der Waals surface area contributed by atoms with Crippen molar-refractivity contribution < 1.29 is 9.47 Å². The molecule has 3 heterocycles. The van der Waals surface area contributed by atoms with Gasteiger partial charge in [0.2, 0.25) is 0 Å². The predicted molar refractivity (Wildman–Crippen MR) is 87.6 cm³/mol. The zero-order chi connectivity index (χ0) is 15.2. The molecule has 22 heavy (non-hydrogen) atoms. The second-order valence-electron chi connectivity index (χ2n) is 5.28. The molecular weight excluding hydrogens is 344 g/mol. The summed E-state index contributed by atoms with van der Waals surface area (Å²) in [6, 6.07) is 11.8. The summed E-state index contributed by atoms with van der Waals surface area (Å²) < 4.78 is 11.4. The number of aromatic nitrogens is 2. The normalized spacial score (nSPS) is 19.8. The number of alkyl halides is 1. The van der Waals surface area contributed by atoms with E-state index in [2.05, 4.69) is 25.9 Å². The molecule has 2 aromatic heterocycles.